The second kappa shape index (κ2) is 9.58. The molecule has 12 heteroatoms. The van der Waals surface area contributed by atoms with Crippen LogP contribution in [0.1, 0.15) is 58.6 Å². The Bertz CT molecular complexity index is 669. The molecule has 2 rings (SSSR count). The molecular weight excluding hydrogens is 388 g/mol. The molecule has 2 unspecified atom stereocenters. The molecule has 27 heavy (non-hydrogen) atoms. The second-order valence-electron chi connectivity index (χ2n) is 7.79. The minimum atomic E-state index is -0.943. The van der Waals surface area contributed by atoms with Gasteiger partial charge in [0.15, 0.2) is 11.6 Å². The minimum Gasteiger partial charge on any atom is -0.260 e. The first-order chi connectivity index (χ1) is 12.7. The number of H-pyrrole nitrogens is 2. The molecule has 2 aromatic rings. The van der Waals surface area contributed by atoms with Crippen LogP contribution in [0.3, 0.4) is 0 Å². The van der Waals surface area contributed by atoms with Gasteiger partial charge in [0.05, 0.1) is 0 Å². The first kappa shape index (κ1) is 21.7. The third kappa shape index (κ3) is 6.83. The molecule has 0 spiro atoms. The third-order valence-electron chi connectivity index (χ3n) is 4.55. The molecule has 0 fully saturated rings. The molecule has 2 atom stereocenters. The predicted molar refractivity (Wildman–Crippen MR) is 104 cm³/mol. The molecule has 0 aliphatic rings. The van der Waals surface area contributed by atoms with Crippen LogP contribution in [0.4, 0.5) is 0 Å². The summed E-state index contributed by atoms with van der Waals surface area (Å²) in [6, 6.07) is 0. The highest BCUT2D eigenvalue weighted by atomic mass is 32.2. The molecule has 152 valence electrons. The van der Waals surface area contributed by atoms with Gasteiger partial charge in [0.2, 0.25) is 0 Å². The van der Waals surface area contributed by atoms with Gasteiger partial charge in [-0.2, -0.15) is 10.4 Å². The SMILES string of the molecule is CC(C)(CCS(=O)CCCS(=O)CCC(C)(C)c1nn[nH]n1)c1nn[nH]n1. The van der Waals surface area contributed by atoms with Crippen molar-refractivity contribution in [1.29, 1.82) is 0 Å². The summed E-state index contributed by atoms with van der Waals surface area (Å²) >= 11 is 0. The number of hydrogen-bond acceptors (Lipinski definition) is 8. The van der Waals surface area contributed by atoms with Gasteiger partial charge in [0, 0.05) is 55.4 Å². The Labute approximate surface area is 164 Å². The van der Waals surface area contributed by atoms with Crippen LogP contribution in [0.15, 0.2) is 0 Å². The summed E-state index contributed by atoms with van der Waals surface area (Å²) in [7, 11) is -1.89. The molecule has 2 heterocycles. The second-order valence-corrected chi connectivity index (χ2v) is 11.2. The van der Waals surface area contributed by atoms with E-state index in [0.29, 0.717) is 53.9 Å². The largest absolute Gasteiger partial charge is 0.260 e. The molecule has 0 saturated heterocycles. The van der Waals surface area contributed by atoms with E-state index in [-0.39, 0.29) is 10.8 Å². The smallest absolute Gasteiger partial charge is 0.180 e. The highest BCUT2D eigenvalue weighted by molar-refractivity contribution is 7.85. The van der Waals surface area contributed by atoms with Crippen LogP contribution in [-0.2, 0) is 32.4 Å². The molecule has 0 aliphatic heterocycles. The maximum Gasteiger partial charge on any atom is 0.180 e. The van der Waals surface area contributed by atoms with Crippen molar-refractivity contribution in [3.05, 3.63) is 11.6 Å². The van der Waals surface area contributed by atoms with Gasteiger partial charge >= 0.3 is 0 Å². The zero-order valence-electron chi connectivity index (χ0n) is 16.3. The number of aromatic nitrogens is 8. The van der Waals surface area contributed by atoms with Gasteiger partial charge in [-0.1, -0.05) is 38.1 Å². The highest BCUT2D eigenvalue weighted by Gasteiger charge is 2.27. The van der Waals surface area contributed by atoms with Gasteiger partial charge in [-0.15, -0.1) is 20.4 Å². The van der Waals surface area contributed by atoms with E-state index in [1.54, 1.807) is 0 Å². The standard InChI is InChI=1S/C15H28N8O2S2/c1-14(2,12-16-20-21-17-12)6-10-26(24)8-5-9-27(25)11-7-15(3,4)13-18-22-23-19-13/h5-11H2,1-4H3,(H,16,17,20,21)(H,18,19,22,23). The average molecular weight is 417 g/mol. The van der Waals surface area contributed by atoms with Crippen LogP contribution in [0.2, 0.25) is 0 Å². The first-order valence-electron chi connectivity index (χ1n) is 8.88. The van der Waals surface area contributed by atoms with Crippen molar-refractivity contribution in [3.63, 3.8) is 0 Å². The van der Waals surface area contributed by atoms with Gasteiger partial charge in [0.1, 0.15) is 0 Å². The Hall–Kier alpha value is -1.56. The van der Waals surface area contributed by atoms with E-state index in [4.69, 9.17) is 0 Å². The summed E-state index contributed by atoms with van der Waals surface area (Å²) in [5, 5.41) is 28.1. The summed E-state index contributed by atoms with van der Waals surface area (Å²) in [5.41, 5.74) is -0.543. The lowest BCUT2D eigenvalue weighted by molar-refractivity contribution is 0.474. The molecular formula is C15H28N8O2S2. The van der Waals surface area contributed by atoms with Crippen LogP contribution in [0.25, 0.3) is 0 Å². The Morgan fingerprint density at radius 3 is 1.48 bits per heavy atom. The summed E-state index contributed by atoms with van der Waals surface area (Å²) in [6.45, 7) is 8.04. The molecule has 0 radical (unpaired) electrons. The highest BCUT2D eigenvalue weighted by Crippen LogP contribution is 2.24. The van der Waals surface area contributed by atoms with E-state index in [9.17, 15) is 8.42 Å². The molecule has 10 nitrogen and oxygen atoms in total. The van der Waals surface area contributed by atoms with Crippen molar-refractivity contribution in [3.8, 4) is 0 Å². The predicted octanol–water partition coefficient (Wildman–Crippen LogP) is 0.636. The molecule has 2 aromatic heterocycles. The Morgan fingerprint density at radius 2 is 1.15 bits per heavy atom. The van der Waals surface area contributed by atoms with E-state index in [1.807, 2.05) is 27.7 Å². The van der Waals surface area contributed by atoms with Crippen molar-refractivity contribution < 1.29 is 8.42 Å². The Morgan fingerprint density at radius 1 is 0.741 bits per heavy atom. The van der Waals surface area contributed by atoms with Gasteiger partial charge in [-0.3, -0.25) is 8.42 Å². The van der Waals surface area contributed by atoms with Crippen molar-refractivity contribution in [2.45, 2.75) is 57.8 Å². The number of rotatable bonds is 12. The first-order valence-corrected chi connectivity index (χ1v) is 11.9. The maximum atomic E-state index is 12.2. The lowest BCUT2D eigenvalue weighted by Crippen LogP contribution is -2.23. The van der Waals surface area contributed by atoms with Crippen molar-refractivity contribution in [2.75, 3.05) is 23.0 Å². The average Bonchev–Trinajstić information content (AvgIpc) is 3.32. The monoisotopic (exact) mass is 416 g/mol. The normalized spacial score (nSPS) is 15.0. The van der Waals surface area contributed by atoms with Gasteiger partial charge in [-0.25, -0.2) is 0 Å². The lowest BCUT2D eigenvalue weighted by Gasteiger charge is -2.20. The molecule has 0 aromatic carbocycles. The number of nitrogens with one attached hydrogen (secondary N) is 2. The van der Waals surface area contributed by atoms with Crippen LogP contribution in [0, 0.1) is 0 Å². The number of aromatic amines is 2. The van der Waals surface area contributed by atoms with E-state index in [0.717, 1.165) is 0 Å². The fourth-order valence-electron chi connectivity index (χ4n) is 2.44. The molecule has 0 saturated carbocycles. The minimum absolute atomic E-state index is 0.272. The summed E-state index contributed by atoms with van der Waals surface area (Å²) < 4.78 is 24.5. The van der Waals surface area contributed by atoms with Gasteiger partial charge < -0.3 is 0 Å². The number of nitrogens with zero attached hydrogens (tertiary/aromatic N) is 6. The number of hydrogen-bond donors (Lipinski definition) is 2. The van der Waals surface area contributed by atoms with Gasteiger partial charge in [-0.05, 0) is 19.3 Å². The molecule has 0 amide bonds. The lowest BCUT2D eigenvalue weighted by atomic mass is 9.89. The fourth-order valence-corrected chi connectivity index (χ4v) is 5.44. The van der Waals surface area contributed by atoms with E-state index in [1.165, 1.54) is 0 Å². The summed E-state index contributed by atoms with van der Waals surface area (Å²) in [4.78, 5) is 0. The quantitative estimate of drug-likeness (QED) is 0.513. The molecule has 0 bridgehead atoms. The third-order valence-corrected chi connectivity index (χ3v) is 7.36. The van der Waals surface area contributed by atoms with Crippen LogP contribution < -0.4 is 0 Å². The topological polar surface area (TPSA) is 143 Å². The Kier molecular flexibility index (Phi) is 7.71. The fraction of sp³-hybridized carbons (Fsp3) is 0.867. The van der Waals surface area contributed by atoms with E-state index in [2.05, 4.69) is 41.2 Å². The van der Waals surface area contributed by atoms with Crippen molar-refractivity contribution in [1.82, 2.24) is 41.2 Å². The van der Waals surface area contributed by atoms with Crippen molar-refractivity contribution >= 4 is 21.6 Å². The molecule has 2 N–H and O–H groups in total. The van der Waals surface area contributed by atoms with E-state index < -0.39 is 21.6 Å². The van der Waals surface area contributed by atoms with Crippen LogP contribution in [-0.4, -0.2) is 72.7 Å². The summed E-state index contributed by atoms with van der Waals surface area (Å²) in [6.07, 6.45) is 2.10. The van der Waals surface area contributed by atoms with Crippen LogP contribution >= 0.6 is 0 Å². The van der Waals surface area contributed by atoms with Gasteiger partial charge in [0.25, 0.3) is 0 Å². The zero-order chi connectivity index (χ0) is 19.9. The van der Waals surface area contributed by atoms with E-state index >= 15 is 0 Å². The maximum absolute atomic E-state index is 12.2. The van der Waals surface area contributed by atoms with Crippen LogP contribution in [0.5, 0.6) is 0 Å². The zero-order valence-corrected chi connectivity index (χ0v) is 17.9. The molecule has 0 aliphatic carbocycles. The summed E-state index contributed by atoms with van der Waals surface area (Å²) in [5.74, 6) is 3.51. The Balaban J connectivity index is 1.64. The van der Waals surface area contributed by atoms with Crippen molar-refractivity contribution in [2.24, 2.45) is 0 Å². The number of tetrazole rings is 2.